The second kappa shape index (κ2) is 9.01. The van der Waals surface area contributed by atoms with E-state index in [0.29, 0.717) is 23.6 Å². The molecule has 1 aromatic rings. The number of halogens is 1. The lowest BCUT2D eigenvalue weighted by molar-refractivity contribution is -0.122. The molecule has 0 radical (unpaired) electrons. The molecule has 0 saturated carbocycles. The van der Waals surface area contributed by atoms with Crippen LogP contribution in [0.1, 0.15) is 25.7 Å². The van der Waals surface area contributed by atoms with Gasteiger partial charge in [0.25, 0.3) is 0 Å². The van der Waals surface area contributed by atoms with Gasteiger partial charge in [0.15, 0.2) is 0 Å². The lowest BCUT2D eigenvalue weighted by Gasteiger charge is -2.15. The number of carbonyl (C=O) groups is 2. The number of nitrogens with zero attached hydrogens (tertiary/aromatic N) is 1. The zero-order valence-electron chi connectivity index (χ0n) is 13.8. The number of aliphatic hydroxyl groups is 1. The normalized spacial score (nSPS) is 20.8. The van der Waals surface area contributed by atoms with Crippen molar-refractivity contribution >= 4 is 29.1 Å². The van der Waals surface area contributed by atoms with Gasteiger partial charge in [-0.05, 0) is 38.1 Å². The van der Waals surface area contributed by atoms with Crippen LogP contribution in [-0.2, 0) is 9.59 Å². The number of benzene rings is 1. The van der Waals surface area contributed by atoms with Crippen LogP contribution >= 0.6 is 11.6 Å². The highest BCUT2D eigenvalue weighted by atomic mass is 35.5. The van der Waals surface area contributed by atoms with Gasteiger partial charge in [-0.2, -0.15) is 0 Å². The Morgan fingerprint density at radius 1 is 1.33 bits per heavy atom. The van der Waals surface area contributed by atoms with Crippen LogP contribution in [0.2, 0.25) is 5.02 Å². The van der Waals surface area contributed by atoms with Crippen LogP contribution in [0.4, 0.5) is 5.69 Å². The summed E-state index contributed by atoms with van der Waals surface area (Å²) in [5.41, 5.74) is 0.654. The minimum absolute atomic E-state index is 0.0532. The second-order valence-electron chi connectivity index (χ2n) is 6.19. The molecule has 7 heteroatoms. The van der Waals surface area contributed by atoms with Gasteiger partial charge in [-0.15, -0.1) is 0 Å². The van der Waals surface area contributed by atoms with Crippen LogP contribution in [0, 0.1) is 0 Å². The lowest BCUT2D eigenvalue weighted by atomic mass is 10.1. The summed E-state index contributed by atoms with van der Waals surface area (Å²) in [5, 5.41) is 15.5. The summed E-state index contributed by atoms with van der Waals surface area (Å²) >= 11 is 5.86. The molecule has 3 N–H and O–H groups in total. The smallest absolute Gasteiger partial charge is 0.224 e. The maximum absolute atomic E-state index is 11.9. The Morgan fingerprint density at radius 3 is 2.75 bits per heavy atom. The quantitative estimate of drug-likeness (QED) is 0.696. The molecule has 0 aromatic heterocycles. The second-order valence-corrected chi connectivity index (χ2v) is 6.62. The SMILES string of the molecule is CN1C[C@H](NC(=O)CCCC(=O)Nc2cccc(Cl)c2)C[C@H]1CO. The average molecular weight is 354 g/mol. The first-order valence-corrected chi connectivity index (χ1v) is 8.51. The number of anilines is 1. The van der Waals surface area contributed by atoms with E-state index in [9.17, 15) is 14.7 Å². The van der Waals surface area contributed by atoms with E-state index in [0.717, 1.165) is 13.0 Å². The number of amides is 2. The standard InChI is InChI=1S/C17H24ClN3O3/c1-21-10-14(9-15(21)11-22)20-17(24)7-3-6-16(23)19-13-5-2-4-12(18)8-13/h2,4-5,8,14-15,22H,3,6-7,9-11H2,1H3,(H,19,23)(H,20,24)/t14-,15+/m1/s1. The van der Waals surface area contributed by atoms with Crippen molar-refractivity contribution in [2.45, 2.75) is 37.8 Å². The number of likely N-dealkylation sites (N-methyl/N-ethyl adjacent to an activating group) is 1. The summed E-state index contributed by atoms with van der Waals surface area (Å²) in [7, 11) is 1.94. The largest absolute Gasteiger partial charge is 0.395 e. The Morgan fingerprint density at radius 2 is 2.08 bits per heavy atom. The number of hydrogen-bond donors (Lipinski definition) is 3. The van der Waals surface area contributed by atoms with Crippen molar-refractivity contribution in [3.8, 4) is 0 Å². The van der Waals surface area contributed by atoms with Gasteiger partial charge in [0.2, 0.25) is 11.8 Å². The molecule has 1 aromatic carbocycles. The van der Waals surface area contributed by atoms with E-state index in [1.54, 1.807) is 24.3 Å². The first-order chi connectivity index (χ1) is 11.5. The monoisotopic (exact) mass is 353 g/mol. The summed E-state index contributed by atoms with van der Waals surface area (Å²) < 4.78 is 0. The van der Waals surface area contributed by atoms with Gasteiger partial charge in [0.05, 0.1) is 6.61 Å². The first kappa shape index (κ1) is 18.7. The summed E-state index contributed by atoms with van der Waals surface area (Å²) in [6.07, 6.45) is 1.84. The molecule has 24 heavy (non-hydrogen) atoms. The van der Waals surface area contributed by atoms with Crippen LogP contribution in [0.15, 0.2) is 24.3 Å². The molecule has 2 atom stereocenters. The highest BCUT2D eigenvalue weighted by Crippen LogP contribution is 2.16. The van der Waals surface area contributed by atoms with Gasteiger partial charge in [-0.25, -0.2) is 0 Å². The van der Waals surface area contributed by atoms with Crippen LogP contribution in [0.3, 0.4) is 0 Å². The Balaban J connectivity index is 1.65. The fraction of sp³-hybridized carbons (Fsp3) is 0.529. The van der Waals surface area contributed by atoms with Gasteiger partial charge in [0.1, 0.15) is 0 Å². The van der Waals surface area contributed by atoms with Crippen molar-refractivity contribution in [1.29, 1.82) is 0 Å². The van der Waals surface area contributed by atoms with Crippen molar-refractivity contribution in [3.63, 3.8) is 0 Å². The summed E-state index contributed by atoms with van der Waals surface area (Å²) in [5.74, 6) is -0.187. The Hall–Kier alpha value is -1.63. The Kier molecular flexibility index (Phi) is 7.02. The molecule has 132 valence electrons. The minimum Gasteiger partial charge on any atom is -0.395 e. The molecular formula is C17H24ClN3O3. The molecular weight excluding hydrogens is 330 g/mol. The highest BCUT2D eigenvalue weighted by molar-refractivity contribution is 6.30. The van der Waals surface area contributed by atoms with E-state index in [4.69, 9.17) is 11.6 Å². The van der Waals surface area contributed by atoms with Crippen molar-refractivity contribution < 1.29 is 14.7 Å². The van der Waals surface area contributed by atoms with Crippen LogP contribution in [0.5, 0.6) is 0 Å². The molecule has 6 nitrogen and oxygen atoms in total. The molecule has 2 amide bonds. The van der Waals surface area contributed by atoms with Crippen LogP contribution in [0.25, 0.3) is 0 Å². The zero-order chi connectivity index (χ0) is 17.5. The van der Waals surface area contributed by atoms with E-state index in [-0.39, 0.29) is 36.9 Å². The van der Waals surface area contributed by atoms with Crippen molar-refractivity contribution in [2.75, 3.05) is 25.5 Å². The van der Waals surface area contributed by atoms with E-state index >= 15 is 0 Å². The predicted octanol–water partition coefficient (Wildman–Crippen LogP) is 1.63. The number of likely N-dealkylation sites (tertiary alicyclic amines) is 1. The maximum Gasteiger partial charge on any atom is 0.224 e. The third-order valence-corrected chi connectivity index (χ3v) is 4.42. The topological polar surface area (TPSA) is 81.7 Å². The fourth-order valence-electron chi connectivity index (χ4n) is 2.90. The molecule has 1 heterocycles. The summed E-state index contributed by atoms with van der Waals surface area (Å²) in [6, 6.07) is 7.14. The molecule has 1 fully saturated rings. The van der Waals surface area contributed by atoms with E-state index < -0.39 is 0 Å². The maximum atomic E-state index is 11.9. The molecule has 0 unspecified atom stereocenters. The van der Waals surface area contributed by atoms with Crippen LogP contribution in [-0.4, -0.2) is 54.1 Å². The van der Waals surface area contributed by atoms with Crippen molar-refractivity contribution in [3.05, 3.63) is 29.3 Å². The predicted molar refractivity (Wildman–Crippen MR) is 94.0 cm³/mol. The molecule has 0 spiro atoms. The number of nitrogens with one attached hydrogen (secondary N) is 2. The lowest BCUT2D eigenvalue weighted by Crippen LogP contribution is -2.36. The Labute approximate surface area is 147 Å². The number of carbonyl (C=O) groups excluding carboxylic acids is 2. The first-order valence-electron chi connectivity index (χ1n) is 8.14. The van der Waals surface area contributed by atoms with Gasteiger partial charge in [-0.1, -0.05) is 17.7 Å². The third kappa shape index (κ3) is 5.78. The number of hydrogen-bond acceptors (Lipinski definition) is 4. The molecule has 2 rings (SSSR count). The number of aliphatic hydroxyl groups excluding tert-OH is 1. The van der Waals surface area contributed by atoms with Gasteiger partial charge < -0.3 is 15.7 Å². The minimum atomic E-state index is -0.133. The highest BCUT2D eigenvalue weighted by Gasteiger charge is 2.29. The molecule has 0 bridgehead atoms. The zero-order valence-corrected chi connectivity index (χ0v) is 14.6. The van der Waals surface area contributed by atoms with Gasteiger partial charge in [-0.3, -0.25) is 14.5 Å². The Bertz CT molecular complexity index is 582. The van der Waals surface area contributed by atoms with E-state index in [1.165, 1.54) is 0 Å². The van der Waals surface area contributed by atoms with Crippen molar-refractivity contribution in [1.82, 2.24) is 10.2 Å². The summed E-state index contributed by atoms with van der Waals surface area (Å²) in [6.45, 7) is 0.846. The van der Waals surface area contributed by atoms with Crippen molar-refractivity contribution in [2.24, 2.45) is 0 Å². The summed E-state index contributed by atoms with van der Waals surface area (Å²) in [4.78, 5) is 25.8. The molecule has 0 aliphatic carbocycles. The average Bonchev–Trinajstić information content (AvgIpc) is 2.86. The molecule has 1 aliphatic rings. The third-order valence-electron chi connectivity index (χ3n) is 4.18. The molecule has 1 saturated heterocycles. The van der Waals surface area contributed by atoms with E-state index in [1.807, 2.05) is 11.9 Å². The number of rotatable bonds is 7. The van der Waals surface area contributed by atoms with Crippen LogP contribution < -0.4 is 10.6 Å². The fourth-order valence-corrected chi connectivity index (χ4v) is 3.09. The van der Waals surface area contributed by atoms with E-state index in [2.05, 4.69) is 10.6 Å². The van der Waals surface area contributed by atoms with Gasteiger partial charge in [0, 0.05) is 42.2 Å². The molecule has 1 aliphatic heterocycles. The van der Waals surface area contributed by atoms with Gasteiger partial charge >= 0.3 is 0 Å².